The van der Waals surface area contributed by atoms with Crippen LogP contribution in [-0.2, 0) is 27.2 Å². The lowest BCUT2D eigenvalue weighted by atomic mass is 10.0. The number of hydrogen-bond donors (Lipinski definition) is 0. The minimum atomic E-state index is -0.0784. The molecule has 0 spiro atoms. The normalized spacial score (nSPS) is 13.4. The summed E-state index contributed by atoms with van der Waals surface area (Å²) in [5.74, 6) is 0.781. The molecule has 25 heavy (non-hydrogen) atoms. The summed E-state index contributed by atoms with van der Waals surface area (Å²) in [6.07, 6.45) is 11.1. The van der Waals surface area contributed by atoms with E-state index in [0.29, 0.717) is 13.0 Å². The third-order valence-corrected chi connectivity index (χ3v) is 4.63. The Kier molecular flexibility index (Phi) is 8.43. The molecule has 1 amide bonds. The molecule has 1 aliphatic rings. The molecule has 5 nitrogen and oxygen atoms in total. The van der Waals surface area contributed by atoms with E-state index >= 15 is 0 Å². The molecule has 138 valence electrons. The molecule has 1 aromatic rings. The van der Waals surface area contributed by atoms with Crippen LogP contribution in [-0.4, -0.2) is 30.5 Å². The molecule has 0 atom stereocenters. The van der Waals surface area contributed by atoms with Crippen LogP contribution < -0.4 is 4.90 Å². The third-order valence-electron chi connectivity index (χ3n) is 4.63. The van der Waals surface area contributed by atoms with E-state index in [0.717, 1.165) is 69.4 Å². The largest absolute Gasteiger partial charge is 0.466 e. The van der Waals surface area contributed by atoms with Gasteiger partial charge in [0.2, 0.25) is 6.41 Å². The van der Waals surface area contributed by atoms with Crippen LogP contribution in [0.3, 0.4) is 0 Å². The lowest BCUT2D eigenvalue weighted by molar-refractivity contribution is -0.143. The number of unbranched alkanes of at least 4 members (excludes halogenated alkanes) is 5. The Bertz CT molecular complexity index is 560. The quantitative estimate of drug-likeness (QED) is 0.347. The number of rotatable bonds is 11. The molecule has 0 bridgehead atoms. The number of aryl methyl sites for hydroxylation is 2. The highest BCUT2D eigenvalue weighted by molar-refractivity contribution is 5.75. The van der Waals surface area contributed by atoms with Crippen LogP contribution in [0.1, 0.15) is 69.5 Å². The first-order valence-corrected chi connectivity index (χ1v) is 9.61. The van der Waals surface area contributed by atoms with Gasteiger partial charge in [-0.05, 0) is 50.7 Å². The highest BCUT2D eigenvalue weighted by atomic mass is 16.5. The molecule has 0 N–H and O–H groups in total. The maximum atomic E-state index is 11.2. The van der Waals surface area contributed by atoms with Crippen molar-refractivity contribution in [2.45, 2.75) is 71.1 Å². The summed E-state index contributed by atoms with van der Waals surface area (Å²) >= 11 is 0. The van der Waals surface area contributed by atoms with Crippen LogP contribution in [0.15, 0.2) is 12.1 Å². The zero-order valence-corrected chi connectivity index (χ0v) is 15.3. The van der Waals surface area contributed by atoms with Gasteiger partial charge in [0.05, 0.1) is 6.61 Å². The minimum Gasteiger partial charge on any atom is -0.466 e. The van der Waals surface area contributed by atoms with Crippen LogP contribution in [0, 0.1) is 0 Å². The average molecular weight is 346 g/mol. The van der Waals surface area contributed by atoms with E-state index in [1.54, 1.807) is 4.90 Å². The number of hydrogen-bond acceptors (Lipinski definition) is 4. The van der Waals surface area contributed by atoms with Gasteiger partial charge in [-0.2, -0.15) is 0 Å². The Morgan fingerprint density at radius 2 is 1.96 bits per heavy atom. The molecule has 0 aromatic carbocycles. The second-order valence-electron chi connectivity index (χ2n) is 6.61. The number of carbonyl (C=O) groups excluding carboxylic acids is 2. The van der Waals surface area contributed by atoms with Crippen LogP contribution in [0.4, 0.5) is 5.82 Å². The molecule has 1 aliphatic heterocycles. The van der Waals surface area contributed by atoms with Crippen molar-refractivity contribution in [1.82, 2.24) is 4.98 Å². The monoisotopic (exact) mass is 346 g/mol. The van der Waals surface area contributed by atoms with E-state index in [1.807, 2.05) is 6.92 Å². The predicted octanol–water partition coefficient (Wildman–Crippen LogP) is 3.83. The maximum absolute atomic E-state index is 11.2. The zero-order valence-electron chi connectivity index (χ0n) is 15.3. The van der Waals surface area contributed by atoms with Crippen molar-refractivity contribution in [3.8, 4) is 0 Å². The Labute approximate surface area is 150 Å². The average Bonchev–Trinajstić information content (AvgIpc) is 2.63. The molecule has 0 saturated heterocycles. The predicted molar refractivity (Wildman–Crippen MR) is 98.6 cm³/mol. The molecule has 0 aliphatic carbocycles. The van der Waals surface area contributed by atoms with Crippen LogP contribution in [0.2, 0.25) is 0 Å². The molecule has 2 rings (SSSR count). The number of carbonyl (C=O) groups is 2. The van der Waals surface area contributed by atoms with Gasteiger partial charge < -0.3 is 4.74 Å². The Balaban J connectivity index is 1.61. The Morgan fingerprint density at radius 3 is 2.72 bits per heavy atom. The highest BCUT2D eigenvalue weighted by Gasteiger charge is 2.17. The van der Waals surface area contributed by atoms with Gasteiger partial charge in [0.1, 0.15) is 5.82 Å². The number of aromatic nitrogens is 1. The summed E-state index contributed by atoms with van der Waals surface area (Å²) in [5.41, 5.74) is 2.26. The molecular formula is C20H30N2O3. The fourth-order valence-corrected chi connectivity index (χ4v) is 3.26. The van der Waals surface area contributed by atoms with Crippen molar-refractivity contribution in [1.29, 1.82) is 0 Å². The highest BCUT2D eigenvalue weighted by Crippen LogP contribution is 2.24. The van der Waals surface area contributed by atoms with Crippen molar-refractivity contribution < 1.29 is 14.3 Å². The van der Waals surface area contributed by atoms with Gasteiger partial charge in [-0.3, -0.25) is 14.5 Å². The SMILES string of the molecule is CCOC(=O)CCCCCCCCc1ccc2c(n1)N(C=O)CCC2. The second-order valence-corrected chi connectivity index (χ2v) is 6.61. The number of nitrogens with zero attached hydrogens (tertiary/aromatic N) is 2. The molecule has 2 heterocycles. The summed E-state index contributed by atoms with van der Waals surface area (Å²) in [6, 6.07) is 4.23. The summed E-state index contributed by atoms with van der Waals surface area (Å²) < 4.78 is 4.92. The topological polar surface area (TPSA) is 59.5 Å². The van der Waals surface area contributed by atoms with Crippen molar-refractivity contribution in [3.63, 3.8) is 0 Å². The molecule has 0 radical (unpaired) electrons. The molecule has 5 heteroatoms. The van der Waals surface area contributed by atoms with Crippen LogP contribution >= 0.6 is 0 Å². The van der Waals surface area contributed by atoms with E-state index in [9.17, 15) is 9.59 Å². The first-order valence-electron chi connectivity index (χ1n) is 9.61. The van der Waals surface area contributed by atoms with Gasteiger partial charge in [0.25, 0.3) is 0 Å². The fourth-order valence-electron chi connectivity index (χ4n) is 3.26. The number of anilines is 1. The van der Waals surface area contributed by atoms with Crippen LogP contribution in [0.25, 0.3) is 0 Å². The maximum Gasteiger partial charge on any atom is 0.305 e. The molecular weight excluding hydrogens is 316 g/mol. The second kappa shape index (κ2) is 10.9. The summed E-state index contributed by atoms with van der Waals surface area (Å²) in [7, 11) is 0. The standard InChI is InChI=1S/C20H30N2O3/c1-2-25-19(24)12-8-6-4-3-5-7-11-18-14-13-17-10-9-15-22(16-23)20(17)21-18/h13-14,16H,2-12,15H2,1H3. The van der Waals surface area contributed by atoms with Gasteiger partial charge >= 0.3 is 5.97 Å². The summed E-state index contributed by atoms with van der Waals surface area (Å²) in [5, 5.41) is 0. The molecule has 1 aromatic heterocycles. The first kappa shape index (κ1) is 19.4. The van der Waals surface area contributed by atoms with Gasteiger partial charge in [0, 0.05) is 18.7 Å². The van der Waals surface area contributed by atoms with E-state index < -0.39 is 0 Å². The van der Waals surface area contributed by atoms with Gasteiger partial charge in [-0.15, -0.1) is 0 Å². The van der Waals surface area contributed by atoms with Crippen molar-refractivity contribution in [3.05, 3.63) is 23.4 Å². The van der Waals surface area contributed by atoms with E-state index in [2.05, 4.69) is 12.1 Å². The minimum absolute atomic E-state index is 0.0784. The number of ether oxygens (including phenoxy) is 1. The van der Waals surface area contributed by atoms with Gasteiger partial charge in [-0.1, -0.05) is 31.7 Å². The summed E-state index contributed by atoms with van der Waals surface area (Å²) in [6.45, 7) is 3.09. The molecule has 0 saturated carbocycles. The van der Waals surface area contributed by atoms with Crippen LogP contribution in [0.5, 0.6) is 0 Å². The number of amides is 1. The molecule has 0 unspecified atom stereocenters. The van der Waals surface area contributed by atoms with E-state index in [-0.39, 0.29) is 5.97 Å². The lowest BCUT2D eigenvalue weighted by Gasteiger charge is -2.25. The fraction of sp³-hybridized carbons (Fsp3) is 0.650. The summed E-state index contributed by atoms with van der Waals surface area (Å²) in [4.78, 5) is 28.8. The Morgan fingerprint density at radius 1 is 1.20 bits per heavy atom. The smallest absolute Gasteiger partial charge is 0.305 e. The van der Waals surface area contributed by atoms with Crippen molar-refractivity contribution >= 4 is 18.2 Å². The lowest BCUT2D eigenvalue weighted by Crippen LogP contribution is -2.29. The number of pyridine rings is 1. The number of esters is 1. The van der Waals surface area contributed by atoms with Gasteiger partial charge in [0.15, 0.2) is 0 Å². The van der Waals surface area contributed by atoms with Gasteiger partial charge in [-0.25, -0.2) is 4.98 Å². The first-order chi connectivity index (χ1) is 12.2. The van der Waals surface area contributed by atoms with Crippen molar-refractivity contribution in [2.24, 2.45) is 0 Å². The third kappa shape index (κ3) is 6.48. The number of fused-ring (bicyclic) bond motifs is 1. The van der Waals surface area contributed by atoms with Crippen molar-refractivity contribution in [2.75, 3.05) is 18.1 Å². The Hall–Kier alpha value is -1.91. The van der Waals surface area contributed by atoms with E-state index in [1.165, 1.54) is 18.4 Å². The molecule has 0 fully saturated rings. The van der Waals surface area contributed by atoms with E-state index in [4.69, 9.17) is 9.72 Å². The zero-order chi connectivity index (χ0) is 17.9.